The van der Waals surface area contributed by atoms with E-state index in [1.165, 1.54) is 12.0 Å². The second-order valence-corrected chi connectivity index (χ2v) is 14.8. The minimum Gasteiger partial charge on any atom is -0.495 e. The van der Waals surface area contributed by atoms with E-state index >= 15 is 4.39 Å². The van der Waals surface area contributed by atoms with E-state index in [1.54, 1.807) is 42.3 Å². The number of hydrogen-bond acceptors (Lipinski definition) is 9. The van der Waals surface area contributed by atoms with Crippen molar-refractivity contribution in [2.75, 3.05) is 58.4 Å². The molecule has 0 saturated carbocycles. The number of fused-ring (bicyclic) bond motifs is 1. The highest BCUT2D eigenvalue weighted by molar-refractivity contribution is 6.07. The molecule has 3 saturated heterocycles. The van der Waals surface area contributed by atoms with Gasteiger partial charge in [-0.3, -0.25) is 34.5 Å². The molecule has 0 radical (unpaired) electrons. The zero-order chi connectivity index (χ0) is 39.3. The van der Waals surface area contributed by atoms with Crippen LogP contribution in [0.15, 0.2) is 65.8 Å². The van der Waals surface area contributed by atoms with Gasteiger partial charge in [0, 0.05) is 82.0 Å². The van der Waals surface area contributed by atoms with Crippen molar-refractivity contribution in [3.63, 3.8) is 0 Å². The van der Waals surface area contributed by atoms with Crippen LogP contribution in [-0.4, -0.2) is 103 Å². The molecule has 0 spiro atoms. The van der Waals surface area contributed by atoms with Gasteiger partial charge in [-0.25, -0.2) is 9.18 Å². The number of likely N-dealkylation sites (tertiary alicyclic amines) is 2. The van der Waals surface area contributed by atoms with E-state index in [0.29, 0.717) is 72.4 Å². The van der Waals surface area contributed by atoms with E-state index < -0.39 is 18.3 Å². The van der Waals surface area contributed by atoms with Crippen LogP contribution in [0.5, 0.6) is 17.2 Å². The number of methoxy groups -OCH3 is 2. The van der Waals surface area contributed by atoms with Crippen molar-refractivity contribution in [2.24, 2.45) is 5.92 Å². The average molecular weight is 769 g/mol. The number of rotatable bonds is 12. The van der Waals surface area contributed by atoms with Crippen molar-refractivity contribution >= 4 is 34.3 Å². The highest BCUT2D eigenvalue weighted by Gasteiger charge is 2.34. The summed E-state index contributed by atoms with van der Waals surface area (Å²) >= 11 is 0. The third-order valence-corrected chi connectivity index (χ3v) is 11.1. The number of hydrogen-bond donors (Lipinski definition) is 1. The molecule has 3 fully saturated rings. The normalized spacial score (nSPS) is 19.6. The number of urea groups is 1. The van der Waals surface area contributed by atoms with Gasteiger partial charge in [-0.15, -0.1) is 0 Å². The second kappa shape index (κ2) is 17.1. The number of carbonyl (C=O) groups excluding carboxylic acids is 3. The first-order chi connectivity index (χ1) is 27.2. The summed E-state index contributed by atoms with van der Waals surface area (Å²) < 4.78 is 35.0. The molecular weight excluding hydrogens is 719 g/mol. The van der Waals surface area contributed by atoms with Crippen molar-refractivity contribution in [3.8, 4) is 28.4 Å². The molecule has 13 nitrogen and oxygen atoms in total. The highest BCUT2D eigenvalue weighted by atomic mass is 19.1. The summed E-state index contributed by atoms with van der Waals surface area (Å²) in [6.45, 7) is 5.74. The molecule has 2 atom stereocenters. The summed E-state index contributed by atoms with van der Waals surface area (Å²) in [6, 6.07) is 11.9. The fraction of sp³-hybridized carbons (Fsp3) is 0.452. The quantitative estimate of drug-likeness (QED) is 0.194. The number of piperidine rings is 2. The number of amides is 4. The molecule has 7 rings (SSSR count). The van der Waals surface area contributed by atoms with Crippen LogP contribution in [0.2, 0.25) is 0 Å². The largest absolute Gasteiger partial charge is 0.495 e. The Morgan fingerprint density at radius 1 is 0.929 bits per heavy atom. The molecule has 3 aliphatic rings. The number of imide groups is 1. The van der Waals surface area contributed by atoms with Crippen molar-refractivity contribution in [1.29, 1.82) is 0 Å². The van der Waals surface area contributed by atoms with Crippen LogP contribution in [0, 0.1) is 5.92 Å². The zero-order valence-corrected chi connectivity index (χ0v) is 32.2. The highest BCUT2D eigenvalue weighted by Crippen LogP contribution is 2.37. The molecule has 2 aromatic carbocycles. The first-order valence-electron chi connectivity index (χ1n) is 19.4. The summed E-state index contributed by atoms with van der Waals surface area (Å²) in [4.78, 5) is 60.5. The Labute approximate surface area is 325 Å². The first kappa shape index (κ1) is 38.8. The van der Waals surface area contributed by atoms with Gasteiger partial charge in [0.05, 0.1) is 25.3 Å². The van der Waals surface area contributed by atoms with Gasteiger partial charge in [-0.1, -0.05) is 19.4 Å². The molecule has 2 aromatic heterocycles. The van der Waals surface area contributed by atoms with Crippen molar-refractivity contribution in [2.45, 2.75) is 64.3 Å². The molecular formula is C42H49FN6O7. The van der Waals surface area contributed by atoms with Gasteiger partial charge in [-0.05, 0) is 78.9 Å². The molecule has 4 amide bonds. The Bertz CT molecular complexity index is 2150. The minimum absolute atomic E-state index is 0.0649. The molecule has 14 heteroatoms. The van der Waals surface area contributed by atoms with Crippen LogP contribution in [0.1, 0.15) is 55.8 Å². The molecule has 1 N–H and O–H groups in total. The summed E-state index contributed by atoms with van der Waals surface area (Å²) in [5.74, 6) is 1.25. The molecule has 296 valence electrons. The molecule has 0 unspecified atom stereocenters. The maximum Gasteiger partial charge on any atom is 0.328 e. The number of nitrogens with one attached hydrogen (secondary N) is 1. The van der Waals surface area contributed by atoms with E-state index in [1.807, 2.05) is 35.4 Å². The van der Waals surface area contributed by atoms with Crippen LogP contribution in [0.25, 0.3) is 21.9 Å². The maximum absolute atomic E-state index is 15.7. The molecule has 56 heavy (non-hydrogen) atoms. The first-order valence-corrected chi connectivity index (χ1v) is 19.4. The molecule has 3 aliphatic heterocycles. The van der Waals surface area contributed by atoms with E-state index in [4.69, 9.17) is 14.2 Å². The summed E-state index contributed by atoms with van der Waals surface area (Å²) in [6.07, 6.45) is 7.48. The number of nitrogens with zero attached hydrogens (tertiary/aromatic N) is 5. The number of halogens is 1. The average Bonchev–Trinajstić information content (AvgIpc) is 3.21. The standard InChI is InChI=1S/C42H49FN6O7/c1-4-5-16-48-25-32(30-10-15-44-23-31(30)41(48)52)28-6-9-37(38(22-28)55-3)56-35-13-17-46(26-33(35)43)24-27-11-18-47(19-12-27)40(51)29-7-8-36(54-2)34(21-29)49-20-14-39(50)45-42(49)53/h6-10,15,21-23,25,27,33,35H,4-5,11-14,16-20,24,26H2,1-3H3,(H,45,50,53)/t33-,35-/m0/s1. The number of unbranched alkanes of at least 4 members (excludes halogenated alkanes) is 1. The fourth-order valence-electron chi connectivity index (χ4n) is 8.00. The predicted octanol–water partition coefficient (Wildman–Crippen LogP) is 5.67. The molecule has 5 heterocycles. The SMILES string of the molecule is CCCCn1cc(-c2ccc(O[C@H]3CCN(CC4CCN(C(=O)c5ccc(OC)c(N6CCC(=O)NC6=O)c5)CC4)C[C@@H]3F)c(OC)c2)c2ccncc2c1=O. The van der Waals surface area contributed by atoms with E-state index in [9.17, 15) is 19.2 Å². The zero-order valence-electron chi connectivity index (χ0n) is 32.2. The van der Waals surface area contributed by atoms with Crippen molar-refractivity contribution in [3.05, 3.63) is 77.0 Å². The Morgan fingerprint density at radius 3 is 2.45 bits per heavy atom. The third kappa shape index (κ3) is 8.20. The van der Waals surface area contributed by atoms with E-state index in [2.05, 4.69) is 22.1 Å². The van der Waals surface area contributed by atoms with Gasteiger partial charge >= 0.3 is 6.03 Å². The van der Waals surface area contributed by atoms with E-state index in [0.717, 1.165) is 48.7 Å². The van der Waals surface area contributed by atoms with Crippen molar-refractivity contribution < 1.29 is 33.0 Å². The number of benzene rings is 2. The van der Waals surface area contributed by atoms with Gasteiger partial charge in [-0.2, -0.15) is 0 Å². The summed E-state index contributed by atoms with van der Waals surface area (Å²) in [5, 5.41) is 3.68. The molecule has 0 aliphatic carbocycles. The minimum atomic E-state index is -1.20. The Hall–Kier alpha value is -5.50. The summed E-state index contributed by atoms with van der Waals surface area (Å²) in [7, 11) is 3.06. The maximum atomic E-state index is 15.7. The van der Waals surface area contributed by atoms with Crippen LogP contribution in [0.4, 0.5) is 14.9 Å². The Morgan fingerprint density at radius 2 is 1.71 bits per heavy atom. The number of ether oxygens (including phenoxy) is 3. The lowest BCUT2D eigenvalue weighted by molar-refractivity contribution is -0.120. The lowest BCUT2D eigenvalue weighted by atomic mass is 9.94. The van der Waals surface area contributed by atoms with Crippen LogP contribution in [-0.2, 0) is 11.3 Å². The fourth-order valence-corrected chi connectivity index (χ4v) is 8.00. The van der Waals surface area contributed by atoms with Crippen molar-refractivity contribution in [1.82, 2.24) is 24.7 Å². The lowest BCUT2D eigenvalue weighted by Crippen LogP contribution is -2.50. The van der Waals surface area contributed by atoms with Gasteiger partial charge in [0.2, 0.25) is 5.91 Å². The number of aromatic nitrogens is 2. The number of pyridine rings is 2. The topological polar surface area (TPSA) is 136 Å². The number of carbonyl (C=O) groups is 3. The van der Waals surface area contributed by atoms with Gasteiger partial charge in [0.25, 0.3) is 11.5 Å². The number of anilines is 1. The lowest BCUT2D eigenvalue weighted by Gasteiger charge is -2.39. The monoisotopic (exact) mass is 768 g/mol. The second-order valence-electron chi connectivity index (χ2n) is 14.8. The van der Waals surface area contributed by atoms with E-state index in [-0.39, 0.29) is 36.9 Å². The molecule has 4 aromatic rings. The van der Waals surface area contributed by atoms with Crippen LogP contribution >= 0.6 is 0 Å². The van der Waals surface area contributed by atoms with Crippen LogP contribution in [0.3, 0.4) is 0 Å². The van der Waals surface area contributed by atoms with Crippen LogP contribution < -0.4 is 30.0 Å². The number of aryl methyl sites for hydroxylation is 1. The Balaban J connectivity index is 0.942. The Kier molecular flexibility index (Phi) is 11.8. The van der Waals surface area contributed by atoms with Gasteiger partial charge < -0.3 is 23.7 Å². The number of alkyl halides is 1. The molecule has 0 bridgehead atoms. The third-order valence-electron chi connectivity index (χ3n) is 11.1. The summed E-state index contributed by atoms with van der Waals surface area (Å²) in [5.41, 5.74) is 2.56. The van der Waals surface area contributed by atoms with Gasteiger partial charge in [0.15, 0.2) is 11.5 Å². The predicted molar refractivity (Wildman–Crippen MR) is 210 cm³/mol. The smallest absolute Gasteiger partial charge is 0.328 e. The van der Waals surface area contributed by atoms with Gasteiger partial charge in [0.1, 0.15) is 18.0 Å².